The van der Waals surface area contributed by atoms with Crippen LogP contribution in [0.15, 0.2) is 48.9 Å². The molecular formula is C19H23N5O. The molecule has 0 aliphatic heterocycles. The number of rotatable bonds is 5. The van der Waals surface area contributed by atoms with E-state index >= 15 is 0 Å². The van der Waals surface area contributed by atoms with Crippen molar-refractivity contribution in [2.24, 2.45) is 7.05 Å². The minimum absolute atomic E-state index is 0.0274. The molecule has 0 N–H and O–H groups in total. The maximum absolute atomic E-state index is 13.1. The number of aromatic nitrogens is 4. The third-order valence-electron chi connectivity index (χ3n) is 4.48. The Morgan fingerprint density at radius 2 is 1.96 bits per heavy atom. The molecule has 2 aromatic heterocycles. The Balaban J connectivity index is 1.95. The van der Waals surface area contributed by atoms with Gasteiger partial charge in [0.1, 0.15) is 5.69 Å². The van der Waals surface area contributed by atoms with Gasteiger partial charge in [-0.15, -0.1) is 0 Å². The molecule has 2 heterocycles. The molecule has 3 rings (SSSR count). The highest BCUT2D eigenvalue weighted by Crippen LogP contribution is 2.26. The van der Waals surface area contributed by atoms with Gasteiger partial charge in [-0.25, -0.2) is 0 Å². The Bertz CT molecular complexity index is 865. The second kappa shape index (κ2) is 6.93. The quantitative estimate of drug-likeness (QED) is 0.719. The summed E-state index contributed by atoms with van der Waals surface area (Å²) >= 11 is 0. The van der Waals surface area contributed by atoms with E-state index in [1.165, 1.54) is 0 Å². The monoisotopic (exact) mass is 337 g/mol. The van der Waals surface area contributed by atoms with E-state index in [9.17, 15) is 4.79 Å². The number of carbonyl (C=O) groups is 1. The van der Waals surface area contributed by atoms with Crippen molar-refractivity contribution in [1.82, 2.24) is 24.5 Å². The zero-order chi connectivity index (χ0) is 18.0. The third-order valence-corrected chi connectivity index (χ3v) is 4.48. The summed E-state index contributed by atoms with van der Waals surface area (Å²) in [6, 6.07) is 9.99. The van der Waals surface area contributed by atoms with Crippen LogP contribution in [0.1, 0.15) is 35.8 Å². The van der Waals surface area contributed by atoms with Crippen molar-refractivity contribution >= 4 is 5.91 Å². The van der Waals surface area contributed by atoms with Gasteiger partial charge < -0.3 is 4.90 Å². The summed E-state index contributed by atoms with van der Waals surface area (Å²) in [6.45, 7) is 4.74. The molecule has 0 spiro atoms. The number of carbonyl (C=O) groups excluding carboxylic acids is 1. The first-order valence-corrected chi connectivity index (χ1v) is 8.39. The average molecular weight is 337 g/mol. The minimum atomic E-state index is -0.0464. The zero-order valence-corrected chi connectivity index (χ0v) is 15.0. The smallest absolute Gasteiger partial charge is 0.257 e. The van der Waals surface area contributed by atoms with E-state index in [0.29, 0.717) is 17.8 Å². The summed E-state index contributed by atoms with van der Waals surface area (Å²) in [7, 11) is 3.68. The van der Waals surface area contributed by atoms with E-state index in [0.717, 1.165) is 11.1 Å². The molecule has 6 heteroatoms. The molecule has 25 heavy (non-hydrogen) atoms. The van der Waals surface area contributed by atoms with Crippen LogP contribution in [0.4, 0.5) is 0 Å². The van der Waals surface area contributed by atoms with Crippen molar-refractivity contribution in [3.05, 3.63) is 60.0 Å². The molecular weight excluding hydrogens is 314 g/mol. The standard InChI is InChI=1S/C19H23N5O/c1-5-24-13-17(18(21-24)16-11-20-22(3)12-16)19(25)23(4)14(2)15-9-7-6-8-10-15/h6-14H,5H2,1-4H3/t14-/m1/s1. The summed E-state index contributed by atoms with van der Waals surface area (Å²) in [6.07, 6.45) is 5.43. The van der Waals surface area contributed by atoms with Crippen molar-refractivity contribution in [1.29, 1.82) is 0 Å². The van der Waals surface area contributed by atoms with Crippen molar-refractivity contribution in [2.45, 2.75) is 26.4 Å². The summed E-state index contributed by atoms with van der Waals surface area (Å²) in [5.41, 5.74) is 3.22. The number of benzene rings is 1. The number of hydrogen-bond acceptors (Lipinski definition) is 3. The summed E-state index contributed by atoms with van der Waals surface area (Å²) < 4.78 is 3.50. The molecule has 0 bridgehead atoms. The highest BCUT2D eigenvalue weighted by molar-refractivity contribution is 5.99. The molecule has 6 nitrogen and oxygen atoms in total. The van der Waals surface area contributed by atoms with Crippen LogP contribution in [-0.4, -0.2) is 37.4 Å². The first-order chi connectivity index (χ1) is 12.0. The van der Waals surface area contributed by atoms with Gasteiger partial charge >= 0.3 is 0 Å². The lowest BCUT2D eigenvalue weighted by atomic mass is 10.1. The van der Waals surface area contributed by atoms with E-state index in [1.54, 1.807) is 20.5 Å². The van der Waals surface area contributed by atoms with Gasteiger partial charge in [-0.2, -0.15) is 10.2 Å². The third kappa shape index (κ3) is 3.33. The Hall–Kier alpha value is -2.89. The molecule has 0 unspecified atom stereocenters. The normalized spacial score (nSPS) is 12.2. The second-order valence-corrected chi connectivity index (χ2v) is 6.15. The van der Waals surface area contributed by atoms with Gasteiger partial charge in [0.25, 0.3) is 5.91 Å². The van der Waals surface area contributed by atoms with Gasteiger partial charge in [-0.1, -0.05) is 30.3 Å². The molecule has 1 aromatic carbocycles. The number of hydrogen-bond donors (Lipinski definition) is 0. The largest absolute Gasteiger partial charge is 0.335 e. The van der Waals surface area contributed by atoms with E-state index in [4.69, 9.17) is 0 Å². The Morgan fingerprint density at radius 3 is 2.56 bits per heavy atom. The summed E-state index contributed by atoms with van der Waals surface area (Å²) in [4.78, 5) is 14.9. The predicted octanol–water partition coefficient (Wildman–Crippen LogP) is 3.14. The summed E-state index contributed by atoms with van der Waals surface area (Å²) in [5.74, 6) is -0.0464. The van der Waals surface area contributed by atoms with Crippen molar-refractivity contribution in [2.75, 3.05) is 7.05 Å². The molecule has 0 saturated carbocycles. The van der Waals surface area contributed by atoms with Crippen LogP contribution >= 0.6 is 0 Å². The van der Waals surface area contributed by atoms with Crippen LogP contribution in [0, 0.1) is 0 Å². The molecule has 0 radical (unpaired) electrons. The van der Waals surface area contributed by atoms with Crippen LogP contribution in [0.2, 0.25) is 0 Å². The lowest BCUT2D eigenvalue weighted by Gasteiger charge is -2.25. The fourth-order valence-corrected chi connectivity index (χ4v) is 2.82. The van der Waals surface area contributed by atoms with E-state index in [-0.39, 0.29) is 11.9 Å². The van der Waals surface area contributed by atoms with Gasteiger partial charge in [-0.05, 0) is 19.4 Å². The fraction of sp³-hybridized carbons (Fsp3) is 0.316. The maximum atomic E-state index is 13.1. The number of nitrogens with zero attached hydrogens (tertiary/aromatic N) is 5. The molecule has 0 fully saturated rings. The molecule has 3 aromatic rings. The SMILES string of the molecule is CCn1cc(C(=O)N(C)[C@H](C)c2ccccc2)c(-c2cnn(C)c2)n1. The number of aryl methyl sites for hydroxylation is 2. The Labute approximate surface area is 147 Å². The van der Waals surface area contributed by atoms with Crippen LogP contribution in [0.3, 0.4) is 0 Å². The lowest BCUT2D eigenvalue weighted by molar-refractivity contribution is 0.0743. The lowest BCUT2D eigenvalue weighted by Crippen LogP contribution is -2.29. The molecule has 0 saturated heterocycles. The van der Waals surface area contributed by atoms with E-state index in [2.05, 4.69) is 10.2 Å². The van der Waals surface area contributed by atoms with Crippen LogP contribution in [0.5, 0.6) is 0 Å². The zero-order valence-electron chi connectivity index (χ0n) is 15.0. The number of amides is 1. The minimum Gasteiger partial charge on any atom is -0.335 e. The van der Waals surface area contributed by atoms with Gasteiger partial charge in [0.15, 0.2) is 0 Å². The topological polar surface area (TPSA) is 56.0 Å². The van der Waals surface area contributed by atoms with Gasteiger partial charge in [0.05, 0.1) is 17.8 Å². The van der Waals surface area contributed by atoms with Crippen LogP contribution in [-0.2, 0) is 13.6 Å². The van der Waals surface area contributed by atoms with Gasteiger partial charge in [-0.3, -0.25) is 14.2 Å². The maximum Gasteiger partial charge on any atom is 0.257 e. The summed E-state index contributed by atoms with van der Waals surface area (Å²) in [5, 5.41) is 8.76. The van der Waals surface area contributed by atoms with Crippen molar-refractivity contribution in [3.8, 4) is 11.3 Å². The molecule has 1 amide bonds. The predicted molar refractivity (Wildman–Crippen MR) is 97.1 cm³/mol. The Morgan fingerprint density at radius 1 is 1.24 bits per heavy atom. The van der Waals surface area contributed by atoms with Crippen LogP contribution in [0.25, 0.3) is 11.3 Å². The molecule has 130 valence electrons. The second-order valence-electron chi connectivity index (χ2n) is 6.15. The highest BCUT2D eigenvalue weighted by atomic mass is 16.2. The van der Waals surface area contributed by atoms with Gasteiger partial charge in [0.2, 0.25) is 0 Å². The Kier molecular flexibility index (Phi) is 4.70. The highest BCUT2D eigenvalue weighted by Gasteiger charge is 2.24. The first kappa shape index (κ1) is 17.0. The molecule has 0 aliphatic rings. The average Bonchev–Trinajstić information content (AvgIpc) is 3.26. The first-order valence-electron chi connectivity index (χ1n) is 8.39. The van der Waals surface area contributed by atoms with Crippen molar-refractivity contribution < 1.29 is 4.79 Å². The fourth-order valence-electron chi connectivity index (χ4n) is 2.82. The van der Waals surface area contributed by atoms with Crippen LogP contribution < -0.4 is 0 Å². The molecule has 1 atom stereocenters. The van der Waals surface area contributed by atoms with Crippen molar-refractivity contribution in [3.63, 3.8) is 0 Å². The van der Waals surface area contributed by atoms with E-state index < -0.39 is 0 Å². The van der Waals surface area contributed by atoms with Gasteiger partial charge in [0, 0.05) is 38.6 Å². The van der Waals surface area contributed by atoms with E-state index in [1.807, 2.05) is 70.7 Å². The molecule has 0 aliphatic carbocycles.